The Morgan fingerprint density at radius 3 is 2.63 bits per heavy atom. The van der Waals surface area contributed by atoms with E-state index in [9.17, 15) is 4.79 Å². The maximum Gasteiger partial charge on any atom is 0.254 e. The molecule has 6 atom stereocenters. The second-order valence-electron chi connectivity index (χ2n) is 12.4. The van der Waals surface area contributed by atoms with Gasteiger partial charge in [0.15, 0.2) is 0 Å². The number of benzene rings is 1. The van der Waals surface area contributed by atoms with Crippen LogP contribution in [0, 0.1) is 18.8 Å². The highest BCUT2D eigenvalue weighted by Crippen LogP contribution is 2.36. The summed E-state index contributed by atoms with van der Waals surface area (Å²) >= 11 is 6.45. The van der Waals surface area contributed by atoms with E-state index in [1.807, 2.05) is 42.9 Å². The highest BCUT2D eigenvalue weighted by molar-refractivity contribution is 6.31. The van der Waals surface area contributed by atoms with Crippen molar-refractivity contribution in [3.8, 4) is 22.4 Å². The monoisotopic (exact) mass is 578 g/mol. The van der Waals surface area contributed by atoms with Crippen LogP contribution in [0.3, 0.4) is 0 Å². The number of hydrazine groups is 1. The van der Waals surface area contributed by atoms with Crippen molar-refractivity contribution in [2.45, 2.75) is 70.1 Å². The third-order valence-corrected chi connectivity index (χ3v) is 9.76. The number of rotatable bonds is 3. The molecule has 6 rings (SSSR count). The number of aromatic nitrogens is 4. The minimum atomic E-state index is -0.0166. The van der Waals surface area contributed by atoms with Crippen LogP contribution >= 0.6 is 11.6 Å². The topological polar surface area (TPSA) is 92.0 Å². The molecule has 3 fully saturated rings. The number of nitrogens with zero attached hydrogens (tertiary/aromatic N) is 5. The van der Waals surface area contributed by atoms with E-state index < -0.39 is 0 Å². The van der Waals surface area contributed by atoms with Crippen LogP contribution in [0.2, 0.25) is 5.02 Å². The lowest BCUT2D eigenvalue weighted by Gasteiger charge is -2.42. The Kier molecular flexibility index (Phi) is 8.34. The van der Waals surface area contributed by atoms with Crippen LogP contribution in [-0.2, 0) is 7.05 Å². The van der Waals surface area contributed by atoms with Crippen molar-refractivity contribution < 1.29 is 0 Å². The van der Waals surface area contributed by atoms with Gasteiger partial charge in [-0.25, -0.2) is 9.99 Å². The van der Waals surface area contributed by atoms with Gasteiger partial charge in [-0.3, -0.25) is 19.5 Å². The van der Waals surface area contributed by atoms with Crippen LogP contribution in [0.1, 0.15) is 50.8 Å². The summed E-state index contributed by atoms with van der Waals surface area (Å²) in [5.41, 5.74) is 7.94. The second-order valence-corrected chi connectivity index (χ2v) is 12.9. The number of halogens is 1. The molecule has 2 aromatic heterocycles. The summed E-state index contributed by atoms with van der Waals surface area (Å²) in [5, 5.41) is 15.1. The smallest absolute Gasteiger partial charge is 0.254 e. The van der Waals surface area contributed by atoms with Crippen molar-refractivity contribution >= 4 is 11.6 Å². The van der Waals surface area contributed by atoms with Gasteiger partial charge in [0.1, 0.15) is 0 Å². The third-order valence-electron chi connectivity index (χ3n) is 9.53. The number of likely N-dealkylation sites (N-methyl/N-ethyl adjacent to an activating group) is 1. The third kappa shape index (κ3) is 5.88. The van der Waals surface area contributed by atoms with Crippen molar-refractivity contribution in [2.75, 3.05) is 26.7 Å². The van der Waals surface area contributed by atoms with Crippen molar-refractivity contribution in [3.63, 3.8) is 0 Å². The fourth-order valence-electron chi connectivity index (χ4n) is 7.46. The van der Waals surface area contributed by atoms with Gasteiger partial charge in [0.05, 0.1) is 23.8 Å². The van der Waals surface area contributed by atoms with Gasteiger partial charge in [-0.15, -0.1) is 0 Å². The molecule has 9 nitrogen and oxygen atoms in total. The Labute approximate surface area is 247 Å². The number of fused-ring (bicyclic) bond motifs is 4. The zero-order chi connectivity index (χ0) is 28.7. The first-order valence-electron chi connectivity index (χ1n) is 15.1. The van der Waals surface area contributed by atoms with Crippen LogP contribution in [0.4, 0.5) is 0 Å². The molecule has 5 heterocycles. The average Bonchev–Trinajstić information content (AvgIpc) is 3.49. The fourth-order valence-corrected chi connectivity index (χ4v) is 7.63. The molecule has 1 aromatic carbocycles. The first-order valence-corrected chi connectivity index (χ1v) is 15.5. The average molecular weight is 579 g/mol. The highest BCUT2D eigenvalue weighted by atomic mass is 35.5. The zero-order valence-corrected chi connectivity index (χ0v) is 25.4. The van der Waals surface area contributed by atoms with Crippen LogP contribution < -0.4 is 21.6 Å². The molecule has 4 unspecified atom stereocenters. The van der Waals surface area contributed by atoms with Gasteiger partial charge >= 0.3 is 0 Å². The Hall–Kier alpha value is -2.56. The van der Waals surface area contributed by atoms with Gasteiger partial charge in [-0.1, -0.05) is 31.0 Å². The second kappa shape index (κ2) is 12.0. The summed E-state index contributed by atoms with van der Waals surface area (Å²) in [5.74, 6) is 1.14. The quantitative estimate of drug-likeness (QED) is 0.436. The van der Waals surface area contributed by atoms with Crippen molar-refractivity contribution in [1.29, 1.82) is 0 Å². The molecule has 3 aliphatic heterocycles. The van der Waals surface area contributed by atoms with Crippen LogP contribution in [0.15, 0.2) is 41.6 Å². The van der Waals surface area contributed by atoms with E-state index in [1.165, 1.54) is 0 Å². The Balaban J connectivity index is 1.34. The van der Waals surface area contributed by atoms with Crippen LogP contribution in [0.25, 0.3) is 22.4 Å². The predicted octanol–water partition coefficient (Wildman–Crippen LogP) is 3.78. The molecule has 10 heteroatoms. The molecule has 3 aromatic rings. The van der Waals surface area contributed by atoms with E-state index in [-0.39, 0.29) is 17.6 Å². The molecular weight excluding hydrogens is 536 g/mol. The minimum Gasteiger partial charge on any atom is -0.312 e. The molecule has 0 amide bonds. The maximum atomic E-state index is 13.9. The number of nitrogens with one attached hydrogen (secondary N) is 3. The summed E-state index contributed by atoms with van der Waals surface area (Å²) in [6, 6.07) is 8.64. The van der Waals surface area contributed by atoms with Gasteiger partial charge in [-0.05, 0) is 75.2 Å². The fraction of sp³-hybridized carbons (Fsp3) is 0.581. The Morgan fingerprint density at radius 2 is 1.85 bits per heavy atom. The number of hydrogen-bond donors (Lipinski definition) is 3. The van der Waals surface area contributed by atoms with Crippen LogP contribution in [-0.4, -0.2) is 69.1 Å². The lowest BCUT2D eigenvalue weighted by molar-refractivity contribution is 0.108. The number of aryl methyl sites for hydroxylation is 2. The largest absolute Gasteiger partial charge is 0.312 e. The Bertz CT molecular complexity index is 1440. The van der Waals surface area contributed by atoms with Crippen molar-refractivity contribution in [1.82, 2.24) is 40.4 Å². The maximum absolute atomic E-state index is 13.9. The number of piperidine rings is 1. The van der Waals surface area contributed by atoms with E-state index >= 15 is 0 Å². The van der Waals surface area contributed by atoms with E-state index in [0.717, 1.165) is 74.1 Å². The van der Waals surface area contributed by atoms with Gasteiger partial charge in [0.2, 0.25) is 0 Å². The Morgan fingerprint density at radius 1 is 1.00 bits per heavy atom. The standard InChI is InChI=1S/C31H43ClN8O/c1-19-6-5-7-29(27-12-21(10-11-33-27)31-28(34-15-19)16-36-39(31)4)40-18-35-26(14-30(40)41)24-13-22(32)8-9-23(24)25-17-38(3)37-20(25)2/h8-9,13-14,17-19,21,27-29,31,33-34,36H,5-7,10-12,15-16H2,1-4H3/t19-,21?,27?,28?,29+,31?/m1/s1. The first-order chi connectivity index (χ1) is 19.8. The molecule has 220 valence electrons. The van der Waals surface area contributed by atoms with Gasteiger partial charge < -0.3 is 10.6 Å². The van der Waals surface area contributed by atoms with Gasteiger partial charge in [0.25, 0.3) is 5.56 Å². The summed E-state index contributed by atoms with van der Waals surface area (Å²) in [4.78, 5) is 18.8. The predicted molar refractivity (Wildman–Crippen MR) is 164 cm³/mol. The summed E-state index contributed by atoms with van der Waals surface area (Å²) in [6.45, 7) is 7.30. The molecular formula is C31H43ClN8O. The van der Waals surface area contributed by atoms with Gasteiger partial charge in [0, 0.05) is 67.2 Å². The molecule has 2 bridgehead atoms. The van der Waals surface area contributed by atoms with E-state index in [0.29, 0.717) is 34.6 Å². The molecule has 0 radical (unpaired) electrons. The SMILES string of the molecule is Cc1nn(C)cc1-c1ccc(Cl)cc1-c1cc(=O)n([C@H]2CCC[C@@H](C)CNC3CNN(C)C3C3CCNC2C3)cn1. The molecule has 0 saturated carbocycles. The molecule has 3 saturated heterocycles. The summed E-state index contributed by atoms with van der Waals surface area (Å²) in [7, 11) is 4.09. The minimum absolute atomic E-state index is 0.0166. The molecule has 3 aliphatic rings. The zero-order valence-electron chi connectivity index (χ0n) is 24.6. The molecule has 41 heavy (non-hydrogen) atoms. The summed E-state index contributed by atoms with van der Waals surface area (Å²) < 4.78 is 3.70. The molecule has 0 spiro atoms. The van der Waals surface area contributed by atoms with Crippen molar-refractivity contribution in [3.05, 3.63) is 57.9 Å². The van der Waals surface area contributed by atoms with E-state index in [1.54, 1.807) is 17.1 Å². The lowest BCUT2D eigenvalue weighted by atomic mass is 9.80. The molecule has 3 N–H and O–H groups in total. The van der Waals surface area contributed by atoms with E-state index in [2.05, 4.69) is 40.1 Å². The van der Waals surface area contributed by atoms with Crippen LogP contribution in [0.5, 0.6) is 0 Å². The van der Waals surface area contributed by atoms with E-state index in [4.69, 9.17) is 16.6 Å². The number of hydrogen-bond acceptors (Lipinski definition) is 7. The lowest BCUT2D eigenvalue weighted by Crippen LogP contribution is -2.54. The van der Waals surface area contributed by atoms with Crippen molar-refractivity contribution in [2.24, 2.45) is 18.9 Å². The summed E-state index contributed by atoms with van der Waals surface area (Å²) in [6.07, 6.45) is 9.13. The first kappa shape index (κ1) is 28.6. The van der Waals surface area contributed by atoms with Gasteiger partial charge in [-0.2, -0.15) is 5.10 Å². The highest BCUT2D eigenvalue weighted by Gasteiger charge is 2.41. The normalized spacial score (nSPS) is 29.5. The molecule has 0 aliphatic carbocycles.